The molecular formula is C15H22N2O5. The molecule has 0 atom stereocenters. The second kappa shape index (κ2) is 8.21. The summed E-state index contributed by atoms with van der Waals surface area (Å²) in [6.07, 6.45) is 1.41. The normalized spacial score (nSPS) is 10.4. The number of rotatable bonds is 7. The number of aryl methyl sites for hydroxylation is 1. The molecule has 0 spiro atoms. The number of nitrogens with zero attached hydrogens (tertiary/aromatic N) is 1. The molecule has 0 aliphatic heterocycles. The van der Waals surface area contributed by atoms with Gasteiger partial charge in [-0.25, -0.2) is 0 Å². The van der Waals surface area contributed by atoms with Crippen molar-refractivity contribution >= 4 is 17.8 Å². The number of furan rings is 1. The second-order valence-electron chi connectivity index (χ2n) is 5.32. The molecule has 2 amide bonds. The van der Waals surface area contributed by atoms with Crippen LogP contribution in [0.2, 0.25) is 0 Å². The highest BCUT2D eigenvalue weighted by Crippen LogP contribution is 2.08. The fourth-order valence-electron chi connectivity index (χ4n) is 1.90. The van der Waals surface area contributed by atoms with Crippen LogP contribution in [0, 0.1) is 12.8 Å². The van der Waals surface area contributed by atoms with Crippen molar-refractivity contribution in [3.8, 4) is 0 Å². The Kier molecular flexibility index (Phi) is 6.62. The van der Waals surface area contributed by atoms with Crippen LogP contribution < -0.4 is 5.32 Å². The number of methoxy groups -OCH3 is 1. The number of hydrogen-bond donors (Lipinski definition) is 1. The van der Waals surface area contributed by atoms with E-state index in [9.17, 15) is 14.4 Å². The van der Waals surface area contributed by atoms with Crippen LogP contribution >= 0.6 is 0 Å². The SMILES string of the molecule is COC(=O)CN(CC(C)C)C(=O)CNC(=O)c1ccoc1C. The van der Waals surface area contributed by atoms with Gasteiger partial charge in [-0.2, -0.15) is 0 Å². The van der Waals surface area contributed by atoms with E-state index < -0.39 is 5.97 Å². The van der Waals surface area contributed by atoms with Crippen LogP contribution in [0.5, 0.6) is 0 Å². The van der Waals surface area contributed by atoms with Gasteiger partial charge in [0.05, 0.1) is 25.5 Å². The Morgan fingerprint density at radius 1 is 1.36 bits per heavy atom. The molecular weight excluding hydrogens is 288 g/mol. The Bertz CT molecular complexity index is 536. The van der Waals surface area contributed by atoms with E-state index in [1.165, 1.54) is 24.3 Å². The minimum Gasteiger partial charge on any atom is -0.469 e. The standard InChI is InChI=1S/C15H22N2O5/c1-10(2)8-17(9-14(19)21-4)13(18)7-16-15(20)12-5-6-22-11(12)3/h5-6,10H,7-9H2,1-4H3,(H,16,20). The summed E-state index contributed by atoms with van der Waals surface area (Å²) < 4.78 is 9.62. The first-order chi connectivity index (χ1) is 10.3. The van der Waals surface area contributed by atoms with Gasteiger partial charge < -0.3 is 19.4 Å². The highest BCUT2D eigenvalue weighted by molar-refractivity contribution is 5.97. The summed E-state index contributed by atoms with van der Waals surface area (Å²) in [5.41, 5.74) is 0.385. The molecule has 7 nitrogen and oxygen atoms in total. The third-order valence-electron chi connectivity index (χ3n) is 2.99. The summed E-state index contributed by atoms with van der Waals surface area (Å²) in [6.45, 7) is 5.63. The minimum absolute atomic E-state index is 0.131. The molecule has 1 aromatic heterocycles. The fraction of sp³-hybridized carbons (Fsp3) is 0.533. The predicted octanol–water partition coefficient (Wildman–Crippen LogP) is 0.975. The van der Waals surface area contributed by atoms with Crippen molar-refractivity contribution in [3.63, 3.8) is 0 Å². The maximum absolute atomic E-state index is 12.2. The highest BCUT2D eigenvalue weighted by Gasteiger charge is 2.20. The molecule has 1 rings (SSSR count). The van der Waals surface area contributed by atoms with Crippen LogP contribution in [0.4, 0.5) is 0 Å². The molecule has 0 fully saturated rings. The molecule has 0 saturated heterocycles. The van der Waals surface area contributed by atoms with Crippen molar-refractivity contribution in [1.82, 2.24) is 10.2 Å². The van der Waals surface area contributed by atoms with Gasteiger partial charge in [0.25, 0.3) is 5.91 Å². The lowest BCUT2D eigenvalue weighted by Crippen LogP contribution is -2.44. The zero-order valence-corrected chi connectivity index (χ0v) is 13.3. The van der Waals surface area contributed by atoms with Crippen molar-refractivity contribution < 1.29 is 23.5 Å². The Labute approximate surface area is 129 Å². The van der Waals surface area contributed by atoms with Gasteiger partial charge in [-0.15, -0.1) is 0 Å². The predicted molar refractivity (Wildman–Crippen MR) is 79.2 cm³/mol. The molecule has 0 aliphatic rings. The monoisotopic (exact) mass is 310 g/mol. The molecule has 0 unspecified atom stereocenters. The largest absolute Gasteiger partial charge is 0.469 e. The van der Waals surface area contributed by atoms with Crippen LogP contribution in [0.25, 0.3) is 0 Å². The molecule has 0 aromatic carbocycles. The average Bonchev–Trinajstić information content (AvgIpc) is 2.89. The number of carbonyl (C=O) groups is 3. The number of ether oxygens (including phenoxy) is 1. The molecule has 122 valence electrons. The van der Waals surface area contributed by atoms with E-state index in [1.807, 2.05) is 13.8 Å². The van der Waals surface area contributed by atoms with E-state index in [1.54, 1.807) is 6.92 Å². The van der Waals surface area contributed by atoms with Gasteiger partial charge in [-0.3, -0.25) is 14.4 Å². The van der Waals surface area contributed by atoms with Crippen LogP contribution in [-0.2, 0) is 14.3 Å². The second-order valence-corrected chi connectivity index (χ2v) is 5.32. The molecule has 0 bridgehead atoms. The Hall–Kier alpha value is -2.31. The Morgan fingerprint density at radius 3 is 2.55 bits per heavy atom. The van der Waals surface area contributed by atoms with Gasteiger partial charge in [-0.1, -0.05) is 13.8 Å². The summed E-state index contributed by atoms with van der Waals surface area (Å²) in [4.78, 5) is 36.8. The van der Waals surface area contributed by atoms with E-state index in [4.69, 9.17) is 4.42 Å². The fourth-order valence-corrected chi connectivity index (χ4v) is 1.90. The van der Waals surface area contributed by atoms with Crippen LogP contribution in [0.15, 0.2) is 16.7 Å². The first-order valence-corrected chi connectivity index (χ1v) is 7.02. The Balaban J connectivity index is 2.60. The lowest BCUT2D eigenvalue weighted by Gasteiger charge is -2.23. The van der Waals surface area contributed by atoms with Crippen molar-refractivity contribution in [2.75, 3.05) is 26.7 Å². The molecule has 0 saturated carbocycles. The van der Waals surface area contributed by atoms with Crippen molar-refractivity contribution in [3.05, 3.63) is 23.7 Å². The molecule has 0 radical (unpaired) electrons. The summed E-state index contributed by atoms with van der Waals surface area (Å²) >= 11 is 0. The first kappa shape index (κ1) is 17.7. The van der Waals surface area contributed by atoms with Crippen molar-refractivity contribution in [1.29, 1.82) is 0 Å². The molecule has 22 heavy (non-hydrogen) atoms. The van der Waals surface area contributed by atoms with E-state index in [0.29, 0.717) is 17.9 Å². The van der Waals surface area contributed by atoms with Crippen LogP contribution in [0.3, 0.4) is 0 Å². The van der Waals surface area contributed by atoms with Gasteiger partial charge >= 0.3 is 5.97 Å². The molecule has 0 aliphatic carbocycles. The molecule has 1 heterocycles. The van der Waals surface area contributed by atoms with Gasteiger partial charge in [0.1, 0.15) is 12.3 Å². The van der Waals surface area contributed by atoms with E-state index in [0.717, 1.165) is 0 Å². The summed E-state index contributed by atoms with van der Waals surface area (Å²) in [5, 5.41) is 2.53. The van der Waals surface area contributed by atoms with Gasteiger partial charge in [0, 0.05) is 6.54 Å². The number of amides is 2. The number of esters is 1. The number of carbonyl (C=O) groups excluding carboxylic acids is 3. The molecule has 7 heteroatoms. The molecule has 1 aromatic rings. The maximum Gasteiger partial charge on any atom is 0.325 e. The van der Waals surface area contributed by atoms with Crippen LogP contribution in [0.1, 0.15) is 30.0 Å². The number of nitrogens with one attached hydrogen (secondary N) is 1. The van der Waals surface area contributed by atoms with E-state index in [2.05, 4.69) is 10.1 Å². The quantitative estimate of drug-likeness (QED) is 0.758. The van der Waals surface area contributed by atoms with Crippen molar-refractivity contribution in [2.24, 2.45) is 5.92 Å². The number of hydrogen-bond acceptors (Lipinski definition) is 5. The van der Waals surface area contributed by atoms with Crippen molar-refractivity contribution in [2.45, 2.75) is 20.8 Å². The smallest absolute Gasteiger partial charge is 0.325 e. The zero-order valence-electron chi connectivity index (χ0n) is 13.3. The summed E-state index contributed by atoms with van der Waals surface area (Å²) in [5.74, 6) is -0.541. The topological polar surface area (TPSA) is 88.9 Å². The zero-order chi connectivity index (χ0) is 16.7. The Morgan fingerprint density at radius 2 is 2.05 bits per heavy atom. The average molecular weight is 310 g/mol. The van der Waals surface area contributed by atoms with Gasteiger partial charge in [0.15, 0.2) is 0 Å². The maximum atomic E-state index is 12.2. The lowest BCUT2D eigenvalue weighted by molar-refractivity contribution is -0.146. The van der Waals surface area contributed by atoms with E-state index >= 15 is 0 Å². The highest BCUT2D eigenvalue weighted by atomic mass is 16.5. The van der Waals surface area contributed by atoms with E-state index in [-0.39, 0.29) is 30.8 Å². The van der Waals surface area contributed by atoms with Gasteiger partial charge in [0.2, 0.25) is 5.91 Å². The summed E-state index contributed by atoms with van der Waals surface area (Å²) in [7, 11) is 1.27. The third-order valence-corrected chi connectivity index (χ3v) is 2.99. The van der Waals surface area contributed by atoms with Crippen LogP contribution in [-0.4, -0.2) is 49.4 Å². The van der Waals surface area contributed by atoms with Gasteiger partial charge in [-0.05, 0) is 18.9 Å². The molecule has 1 N–H and O–H groups in total. The first-order valence-electron chi connectivity index (χ1n) is 7.02. The summed E-state index contributed by atoms with van der Waals surface area (Å²) in [6, 6.07) is 1.54. The third kappa shape index (κ3) is 5.23. The minimum atomic E-state index is -0.494. The lowest BCUT2D eigenvalue weighted by atomic mass is 10.2.